The van der Waals surface area contributed by atoms with Gasteiger partial charge in [0.25, 0.3) is 5.91 Å². The Bertz CT molecular complexity index is 2360. The van der Waals surface area contributed by atoms with E-state index in [0.29, 0.717) is 41.0 Å². The number of likely N-dealkylation sites (tertiary alicyclic amines) is 1. The van der Waals surface area contributed by atoms with Gasteiger partial charge in [0.2, 0.25) is 17.4 Å². The molecule has 7 rings (SSSR count). The van der Waals surface area contributed by atoms with Crippen LogP contribution in [0, 0.1) is 17.2 Å². The number of nitriles is 1. The molecule has 0 radical (unpaired) electrons. The predicted octanol–water partition coefficient (Wildman–Crippen LogP) is 6.09. The van der Waals surface area contributed by atoms with Crippen LogP contribution in [0.25, 0.3) is 10.1 Å². The smallest absolute Gasteiger partial charge is 0.323 e. The van der Waals surface area contributed by atoms with Crippen LogP contribution in [0.1, 0.15) is 86.0 Å². The van der Waals surface area contributed by atoms with Gasteiger partial charge < -0.3 is 29.4 Å². The van der Waals surface area contributed by atoms with Crippen molar-refractivity contribution in [2.45, 2.75) is 102 Å². The molecule has 2 aromatic heterocycles. The number of rotatable bonds is 12. The lowest BCUT2D eigenvalue weighted by Gasteiger charge is -2.36. The van der Waals surface area contributed by atoms with Crippen molar-refractivity contribution in [3.63, 3.8) is 0 Å². The molecule has 1 unspecified atom stereocenters. The summed E-state index contributed by atoms with van der Waals surface area (Å²) in [4.78, 5) is 73.4. The van der Waals surface area contributed by atoms with Gasteiger partial charge in [0.1, 0.15) is 23.9 Å². The summed E-state index contributed by atoms with van der Waals surface area (Å²) in [6.45, 7) is 5.54. The van der Waals surface area contributed by atoms with Crippen LogP contribution in [-0.2, 0) is 29.8 Å². The standard InChI is InChI=1S/C43H49N6O8PS/c1-26(2)56-43(54)27(3)47-58(55,57-33-10-5-4-6-11-33)25-28-13-16-37-30(19-28)20-38(59-37)40(51)46-35-12-8-7-9-32-14-15-36(49(32)41(35)52)42(53)48-23-31(22-44)34(24-48)29-17-18-45-39(50)21-29/h4-6,10-11,13,16-21,26-27,31-32,34-36H,7-9,12,14-15,23-25H2,1-3H3,(H,45,50)(H,46,51)(H,47,55)/t27-,31+,32-,34-,35-,36-,58?/m0/s1. The first-order valence-electron chi connectivity index (χ1n) is 20.2. The summed E-state index contributed by atoms with van der Waals surface area (Å²) < 4.78 is 26.5. The Morgan fingerprint density at radius 3 is 2.51 bits per heavy atom. The summed E-state index contributed by atoms with van der Waals surface area (Å²) in [6, 6.07) is 18.9. The lowest BCUT2D eigenvalue weighted by molar-refractivity contribution is -0.149. The van der Waals surface area contributed by atoms with Crippen LogP contribution in [0.5, 0.6) is 5.75 Å². The summed E-state index contributed by atoms with van der Waals surface area (Å²) >= 11 is 1.27. The highest BCUT2D eigenvalue weighted by Gasteiger charge is 2.47. The lowest BCUT2D eigenvalue weighted by Crippen LogP contribution is -2.56. The third-order valence-electron chi connectivity index (χ3n) is 11.2. The van der Waals surface area contributed by atoms with Crippen LogP contribution in [0.2, 0.25) is 0 Å². The number of hydrogen-bond donors (Lipinski definition) is 3. The van der Waals surface area contributed by atoms with Crippen LogP contribution in [-0.4, -0.2) is 81.8 Å². The average Bonchev–Trinajstić information content (AvgIpc) is 3.95. The van der Waals surface area contributed by atoms with E-state index in [1.165, 1.54) is 17.4 Å². The van der Waals surface area contributed by atoms with Crippen molar-refractivity contribution in [3.05, 3.63) is 99.3 Å². The maximum atomic E-state index is 14.4. The van der Waals surface area contributed by atoms with Crippen molar-refractivity contribution in [1.29, 1.82) is 5.26 Å². The van der Waals surface area contributed by atoms with E-state index in [-0.39, 0.29) is 54.7 Å². The molecule has 0 bridgehead atoms. The van der Waals surface area contributed by atoms with Gasteiger partial charge in [-0.1, -0.05) is 37.1 Å². The lowest BCUT2D eigenvalue weighted by atomic mass is 9.91. The van der Waals surface area contributed by atoms with Gasteiger partial charge in [0.15, 0.2) is 0 Å². The molecule has 5 heterocycles. The van der Waals surface area contributed by atoms with Crippen LogP contribution in [0.3, 0.4) is 0 Å². The Balaban J connectivity index is 1.05. The van der Waals surface area contributed by atoms with E-state index in [2.05, 4.69) is 21.5 Å². The van der Waals surface area contributed by atoms with E-state index in [1.54, 1.807) is 73.2 Å². The van der Waals surface area contributed by atoms with Gasteiger partial charge in [-0.2, -0.15) is 5.26 Å². The zero-order valence-corrected chi connectivity index (χ0v) is 35.0. The van der Waals surface area contributed by atoms with Gasteiger partial charge in [-0.05, 0) is 99.4 Å². The first kappa shape index (κ1) is 41.9. The average molecular weight is 841 g/mol. The van der Waals surface area contributed by atoms with Crippen molar-refractivity contribution >= 4 is 52.6 Å². The second-order valence-electron chi connectivity index (χ2n) is 15.9. The Hall–Kier alpha value is -5.29. The minimum Gasteiger partial charge on any atom is -0.462 e. The van der Waals surface area contributed by atoms with E-state index in [4.69, 9.17) is 9.26 Å². The normalized spacial score (nSPS) is 23.4. The number of benzene rings is 2. The predicted molar refractivity (Wildman–Crippen MR) is 223 cm³/mol. The van der Waals surface area contributed by atoms with Crippen molar-refractivity contribution < 1.29 is 33.0 Å². The van der Waals surface area contributed by atoms with Gasteiger partial charge in [-0.25, -0.2) is 5.09 Å². The quantitative estimate of drug-likeness (QED) is 0.111. The van der Waals surface area contributed by atoms with Crippen LogP contribution in [0.15, 0.2) is 77.7 Å². The van der Waals surface area contributed by atoms with Crippen LogP contribution < -0.4 is 20.5 Å². The molecule has 3 N–H and O–H groups in total. The SMILES string of the molecule is CC(C)OC(=O)[C@H](C)NP(=O)(Cc1ccc2sc(C(=O)N[C@H]3CCCC[C@H]4CC[C@@H](C(=O)N5C[C@@H](C#N)[C@H](c6cc[nH]c(=O)c6)C5)N4C3=O)cc2c1)Oc1ccccc1. The Kier molecular flexibility index (Phi) is 12.7. The molecule has 16 heteroatoms. The number of esters is 1. The number of nitrogens with zero attached hydrogens (tertiary/aromatic N) is 3. The molecule has 7 atom stereocenters. The van der Waals surface area contributed by atoms with Crippen molar-refractivity contribution in [2.24, 2.45) is 5.92 Å². The van der Waals surface area contributed by atoms with Crippen molar-refractivity contribution in [2.75, 3.05) is 13.1 Å². The second kappa shape index (κ2) is 17.9. The van der Waals surface area contributed by atoms with E-state index >= 15 is 0 Å². The van der Waals surface area contributed by atoms with Gasteiger partial charge >= 0.3 is 13.5 Å². The molecule has 0 aliphatic carbocycles. The molecule has 59 heavy (non-hydrogen) atoms. The van der Waals surface area contributed by atoms with Crippen molar-refractivity contribution in [3.8, 4) is 11.8 Å². The topological polar surface area (TPSA) is 191 Å². The number of H-pyrrole nitrogens is 1. The number of ether oxygens (including phenoxy) is 1. The summed E-state index contributed by atoms with van der Waals surface area (Å²) in [7, 11) is -3.72. The van der Waals surface area contributed by atoms with Gasteiger partial charge in [0, 0.05) is 42.0 Å². The zero-order valence-electron chi connectivity index (χ0n) is 33.3. The highest BCUT2D eigenvalue weighted by Crippen LogP contribution is 2.47. The fraction of sp³-hybridized carbons (Fsp3) is 0.442. The molecule has 0 spiro atoms. The molecular weight excluding hydrogens is 792 g/mol. The molecule has 4 aromatic rings. The largest absolute Gasteiger partial charge is 0.462 e. The Labute approximate surface area is 346 Å². The molecule has 3 saturated heterocycles. The number of thiophene rings is 1. The maximum absolute atomic E-state index is 14.4. The molecule has 3 amide bonds. The summed E-state index contributed by atoms with van der Waals surface area (Å²) in [5.41, 5.74) is 1.09. The van der Waals surface area contributed by atoms with E-state index in [0.717, 1.165) is 29.3 Å². The summed E-state index contributed by atoms with van der Waals surface area (Å²) in [5.74, 6) is -1.87. The number of aromatic nitrogens is 1. The Morgan fingerprint density at radius 2 is 1.76 bits per heavy atom. The van der Waals surface area contributed by atoms with Crippen LogP contribution in [0.4, 0.5) is 0 Å². The number of para-hydroxylation sites is 1. The number of fused-ring (bicyclic) bond motifs is 2. The van der Waals surface area contributed by atoms with Gasteiger partial charge in [0.05, 0.1) is 29.1 Å². The molecule has 3 aliphatic rings. The number of nitrogens with one attached hydrogen (secondary N) is 3. The van der Waals surface area contributed by atoms with Gasteiger partial charge in [-0.15, -0.1) is 11.3 Å². The number of carbonyl (C=O) groups is 4. The summed E-state index contributed by atoms with van der Waals surface area (Å²) in [5, 5.41) is 16.6. The first-order valence-corrected chi connectivity index (χ1v) is 22.8. The molecule has 2 aromatic carbocycles. The fourth-order valence-corrected chi connectivity index (χ4v) is 11.5. The summed E-state index contributed by atoms with van der Waals surface area (Å²) in [6.07, 6.45) is 5.11. The zero-order chi connectivity index (χ0) is 41.8. The molecule has 310 valence electrons. The fourth-order valence-electron chi connectivity index (χ4n) is 8.47. The monoisotopic (exact) mass is 840 g/mol. The Morgan fingerprint density at radius 1 is 0.983 bits per heavy atom. The van der Waals surface area contributed by atoms with E-state index in [9.17, 15) is 33.8 Å². The highest BCUT2D eigenvalue weighted by atomic mass is 32.1. The van der Waals surface area contributed by atoms with Crippen LogP contribution >= 0.6 is 18.9 Å². The van der Waals surface area contributed by atoms with Crippen molar-refractivity contribution in [1.82, 2.24) is 25.2 Å². The maximum Gasteiger partial charge on any atom is 0.323 e. The third kappa shape index (κ3) is 9.62. The number of hydrogen-bond acceptors (Lipinski definition) is 10. The second-order valence-corrected chi connectivity index (χ2v) is 19.1. The molecule has 14 nitrogen and oxygen atoms in total. The first-order chi connectivity index (χ1) is 28.3. The molecule has 3 fully saturated rings. The number of pyridine rings is 1. The highest BCUT2D eigenvalue weighted by molar-refractivity contribution is 7.56. The number of aromatic amines is 1. The molecular formula is C43H49N6O8PS. The number of amides is 3. The van der Waals surface area contributed by atoms with Gasteiger partial charge in [-0.3, -0.25) is 28.5 Å². The van der Waals surface area contributed by atoms with E-state index in [1.807, 2.05) is 24.3 Å². The molecule has 3 aliphatic heterocycles. The third-order valence-corrected chi connectivity index (χ3v) is 14.4. The molecule has 0 saturated carbocycles. The minimum absolute atomic E-state index is 0.0523. The minimum atomic E-state index is -3.72. The van der Waals surface area contributed by atoms with E-state index < -0.39 is 43.4 Å². The number of carbonyl (C=O) groups excluding carboxylic acids is 4.